The van der Waals surface area contributed by atoms with Crippen LogP contribution in [0.15, 0.2) is 0 Å². The molecule has 0 saturated carbocycles. The molecule has 4 aliphatic heterocycles. The fourth-order valence-electron chi connectivity index (χ4n) is 4.30. The van der Waals surface area contributed by atoms with Crippen LogP contribution < -0.4 is 0 Å². The topological polar surface area (TPSA) is 9.72 Å². The zero-order valence-corrected chi connectivity index (χ0v) is 15.4. The zero-order valence-electron chi connectivity index (χ0n) is 15.4. The Hall–Kier alpha value is -0.120. The Kier molecular flexibility index (Phi) is 16.2. The molecular weight excluding hydrogens is 306 g/mol. The van der Waals surface area contributed by atoms with Gasteiger partial charge in [0.05, 0.1) is 0 Å². The summed E-state index contributed by atoms with van der Waals surface area (Å²) in [5.41, 5.74) is 0. The van der Waals surface area contributed by atoms with Gasteiger partial charge in [0.1, 0.15) is 0 Å². The smallest absolute Gasteiger partial charge is 0.00957 e. The van der Waals surface area contributed by atoms with Gasteiger partial charge in [-0.3, -0.25) is 0 Å². The molecule has 0 radical (unpaired) electrons. The van der Waals surface area contributed by atoms with Gasteiger partial charge >= 0.3 is 0 Å². The molecule has 2 atom stereocenters. The van der Waals surface area contributed by atoms with Crippen molar-refractivity contribution in [3.8, 4) is 0 Å². The summed E-state index contributed by atoms with van der Waals surface area (Å²) in [6, 6.07) is 1.92. The molecule has 4 rings (SSSR count). The minimum Gasteiger partial charge on any atom is -0.306 e. The third-order valence-corrected chi connectivity index (χ3v) is 5.97. The molecule has 0 spiro atoms. The molecule has 4 fully saturated rings. The van der Waals surface area contributed by atoms with E-state index >= 15 is 0 Å². The first-order valence-electron chi connectivity index (χ1n) is 9.76. The van der Waals surface area contributed by atoms with Crippen molar-refractivity contribution in [1.29, 1.82) is 0 Å². The van der Waals surface area contributed by atoms with Gasteiger partial charge in [-0.1, -0.05) is 35.1 Å². The van der Waals surface area contributed by atoms with Gasteiger partial charge in [0.25, 0.3) is 0 Å². The molecule has 0 amide bonds. The number of hydrogen-bond acceptors (Lipinski definition) is 3. The molecule has 25 heavy (non-hydrogen) atoms. The summed E-state index contributed by atoms with van der Waals surface area (Å²) in [7, 11) is 6.66. The quantitative estimate of drug-likeness (QED) is 0.578. The van der Waals surface area contributed by atoms with Crippen molar-refractivity contribution >= 4 is 0 Å². The lowest BCUT2D eigenvalue weighted by Crippen LogP contribution is -2.35. The largest absolute Gasteiger partial charge is 0.306 e. The van der Waals surface area contributed by atoms with Crippen LogP contribution in [0.25, 0.3) is 0 Å². The molecule has 4 saturated heterocycles. The third-order valence-electron chi connectivity index (χ3n) is 5.97. The van der Waals surface area contributed by atoms with Gasteiger partial charge in [0.2, 0.25) is 0 Å². The molecule has 0 aromatic carbocycles. The van der Waals surface area contributed by atoms with Crippen LogP contribution in [0.5, 0.6) is 0 Å². The lowest BCUT2D eigenvalue weighted by Gasteiger charge is -2.30. The fourth-order valence-corrected chi connectivity index (χ4v) is 4.30. The van der Waals surface area contributed by atoms with Gasteiger partial charge in [0, 0.05) is 12.1 Å². The summed E-state index contributed by atoms with van der Waals surface area (Å²) in [4.78, 5) is 7.34. The summed E-state index contributed by atoms with van der Waals surface area (Å²) in [6.45, 7) is 5.28. The van der Waals surface area contributed by atoms with E-state index in [-0.39, 0.29) is 22.3 Å². The van der Waals surface area contributed by atoms with Crippen LogP contribution in [0.2, 0.25) is 0 Å². The third kappa shape index (κ3) is 9.96. The number of hydrogen-bond donors (Lipinski definition) is 0. The highest BCUT2D eigenvalue weighted by atomic mass is 15.2. The van der Waals surface area contributed by atoms with Crippen molar-refractivity contribution in [2.75, 3.05) is 47.3 Å². The maximum absolute atomic E-state index is 2.59. The number of fused-ring (bicyclic) bond motifs is 2. The first kappa shape index (κ1) is 27.1. The van der Waals surface area contributed by atoms with E-state index in [1.807, 2.05) is 0 Å². The Balaban J connectivity index is 0. The van der Waals surface area contributed by atoms with Crippen LogP contribution in [0.4, 0.5) is 0 Å². The van der Waals surface area contributed by atoms with Crippen LogP contribution in [0.3, 0.4) is 0 Å². The van der Waals surface area contributed by atoms with Crippen molar-refractivity contribution < 1.29 is 0 Å². The average molecular weight is 358 g/mol. The van der Waals surface area contributed by atoms with Crippen LogP contribution >= 0.6 is 0 Å². The highest BCUT2D eigenvalue weighted by molar-refractivity contribution is 4.89. The molecule has 2 unspecified atom stereocenters. The normalized spacial score (nSPS) is 28.9. The van der Waals surface area contributed by atoms with Crippen molar-refractivity contribution in [3.05, 3.63) is 0 Å². The highest BCUT2D eigenvalue weighted by Gasteiger charge is 2.33. The van der Waals surface area contributed by atoms with Crippen LogP contribution in [0, 0.1) is 0 Å². The molecule has 2 bridgehead atoms. The molecule has 0 aromatic heterocycles. The number of nitrogens with zero attached hydrogens (tertiary/aromatic N) is 3. The molecule has 0 aromatic rings. The molecule has 3 nitrogen and oxygen atoms in total. The summed E-state index contributed by atoms with van der Waals surface area (Å²) in [5, 5.41) is 0. The number of rotatable bonds is 0. The predicted molar refractivity (Wildman–Crippen MR) is 117 cm³/mol. The van der Waals surface area contributed by atoms with E-state index in [0.29, 0.717) is 0 Å². The second-order valence-electron chi connectivity index (χ2n) is 7.86. The van der Waals surface area contributed by atoms with Gasteiger partial charge < -0.3 is 14.7 Å². The van der Waals surface area contributed by atoms with Crippen LogP contribution in [0.1, 0.15) is 86.5 Å². The molecule has 4 heterocycles. The fraction of sp³-hybridized carbons (Fsp3) is 1.00. The van der Waals surface area contributed by atoms with E-state index in [0.717, 1.165) is 12.1 Å². The standard InChI is InChI=1S/C8H15N.C6H13N.C5H11N.3CH4/c1-9-7-3-2-4-8(9)6-5-7;1-7-5-3-2-4-6-7;1-6-4-2-3-5-6;;;/h7-8H,2-6H2,1H3;2-6H2,1H3;2-5H2,1H3;3*1H4. The number of likely N-dealkylation sites (tertiary alicyclic amines) is 2. The monoisotopic (exact) mass is 357 g/mol. The second kappa shape index (κ2) is 15.0. The lowest BCUT2D eigenvalue weighted by molar-refractivity contribution is 0.179. The molecule has 154 valence electrons. The second-order valence-corrected chi connectivity index (χ2v) is 7.86. The van der Waals surface area contributed by atoms with Gasteiger partial charge in [-0.15, -0.1) is 0 Å². The minimum atomic E-state index is 0. The van der Waals surface area contributed by atoms with E-state index in [2.05, 4.69) is 35.8 Å². The van der Waals surface area contributed by atoms with Crippen LogP contribution in [-0.2, 0) is 0 Å². The van der Waals surface area contributed by atoms with Crippen LogP contribution in [-0.4, -0.2) is 74.1 Å². The zero-order chi connectivity index (χ0) is 15.8. The summed E-state index contributed by atoms with van der Waals surface area (Å²) < 4.78 is 0. The van der Waals surface area contributed by atoms with E-state index in [4.69, 9.17) is 0 Å². The van der Waals surface area contributed by atoms with Crippen molar-refractivity contribution in [1.82, 2.24) is 14.7 Å². The Bertz CT molecular complexity index is 267. The molecule has 0 aliphatic carbocycles. The summed E-state index contributed by atoms with van der Waals surface area (Å²) >= 11 is 0. The Labute approximate surface area is 161 Å². The van der Waals surface area contributed by atoms with E-state index in [9.17, 15) is 0 Å². The minimum absolute atomic E-state index is 0. The molecular formula is C22H51N3. The highest BCUT2D eigenvalue weighted by Crippen LogP contribution is 2.33. The summed E-state index contributed by atoms with van der Waals surface area (Å²) in [5.74, 6) is 0. The maximum Gasteiger partial charge on any atom is 0.00957 e. The van der Waals surface area contributed by atoms with Crippen molar-refractivity contribution in [2.24, 2.45) is 0 Å². The summed E-state index contributed by atoms with van der Waals surface area (Å²) in [6.07, 6.45) is 14.5. The van der Waals surface area contributed by atoms with E-state index in [1.54, 1.807) is 0 Å². The molecule has 4 aliphatic rings. The lowest BCUT2D eigenvalue weighted by atomic mass is 10.0. The van der Waals surface area contributed by atoms with E-state index in [1.165, 1.54) is 90.4 Å². The van der Waals surface area contributed by atoms with Gasteiger partial charge in [-0.05, 0) is 98.7 Å². The van der Waals surface area contributed by atoms with Gasteiger partial charge in [0.15, 0.2) is 0 Å². The number of piperidine rings is 2. The maximum atomic E-state index is 2.59. The van der Waals surface area contributed by atoms with Crippen molar-refractivity contribution in [3.63, 3.8) is 0 Å². The van der Waals surface area contributed by atoms with Gasteiger partial charge in [-0.25, -0.2) is 0 Å². The first-order chi connectivity index (χ1) is 10.7. The van der Waals surface area contributed by atoms with E-state index < -0.39 is 0 Å². The predicted octanol–water partition coefficient (Wildman–Crippen LogP) is 5.36. The molecule has 3 heteroatoms. The van der Waals surface area contributed by atoms with Crippen molar-refractivity contribution in [2.45, 2.75) is 98.6 Å². The average Bonchev–Trinajstić information content (AvgIpc) is 3.04. The molecule has 0 N–H and O–H groups in total. The van der Waals surface area contributed by atoms with Gasteiger partial charge in [-0.2, -0.15) is 0 Å². The Morgan fingerprint density at radius 1 is 0.480 bits per heavy atom. The Morgan fingerprint density at radius 2 is 0.840 bits per heavy atom. The SMILES string of the molecule is C.C.C.CN1C2CCCC1CC2.CN1CCCC1.CN1CCCCC1. The Morgan fingerprint density at radius 3 is 1.08 bits per heavy atom. The first-order valence-corrected chi connectivity index (χ1v) is 9.76.